The Kier molecular flexibility index (Phi) is 6.35. The van der Waals surface area contributed by atoms with E-state index in [1.165, 1.54) is 0 Å². The summed E-state index contributed by atoms with van der Waals surface area (Å²) in [6.07, 6.45) is 1.16. The summed E-state index contributed by atoms with van der Waals surface area (Å²) in [5.74, 6) is 0.646. The summed E-state index contributed by atoms with van der Waals surface area (Å²) in [7, 11) is 0. The minimum absolute atomic E-state index is 0.0538. The van der Waals surface area contributed by atoms with Gasteiger partial charge < -0.3 is 25.0 Å². The van der Waals surface area contributed by atoms with Crippen LogP contribution in [0.2, 0.25) is 0 Å². The van der Waals surface area contributed by atoms with Crippen molar-refractivity contribution in [1.82, 2.24) is 10.2 Å². The van der Waals surface area contributed by atoms with Gasteiger partial charge in [-0.25, -0.2) is 0 Å². The number of likely N-dealkylation sites (tertiary alicyclic amines) is 1. The highest BCUT2D eigenvalue weighted by molar-refractivity contribution is 5.96. The quantitative estimate of drug-likeness (QED) is 0.767. The molecule has 3 amide bonds. The van der Waals surface area contributed by atoms with Crippen molar-refractivity contribution in [2.45, 2.75) is 12.8 Å². The number of piperidine rings is 1. The molecule has 0 unspecified atom stereocenters. The van der Waals surface area contributed by atoms with Gasteiger partial charge in [0.15, 0.2) is 11.5 Å². The van der Waals surface area contributed by atoms with Gasteiger partial charge in [-0.2, -0.15) is 0 Å². The number of nitrogens with one attached hydrogen (secondary N) is 2. The van der Waals surface area contributed by atoms with Crippen LogP contribution in [-0.4, -0.2) is 55.5 Å². The molecule has 0 bridgehead atoms. The predicted molar refractivity (Wildman–Crippen MR) is 114 cm³/mol. The Balaban J connectivity index is 1.23. The largest absolute Gasteiger partial charge is 0.486 e. The molecule has 2 aliphatic rings. The third-order valence-corrected chi connectivity index (χ3v) is 5.46. The molecule has 2 aliphatic heterocycles. The highest BCUT2D eigenvalue weighted by Crippen LogP contribution is 2.33. The molecule has 4 rings (SSSR count). The molecular weight excluding hydrogens is 398 g/mol. The lowest BCUT2D eigenvalue weighted by Crippen LogP contribution is -2.45. The van der Waals surface area contributed by atoms with Crippen LogP contribution < -0.4 is 20.1 Å². The average Bonchev–Trinajstić information content (AvgIpc) is 2.83. The Labute approximate surface area is 180 Å². The number of rotatable bonds is 5. The second-order valence-electron chi connectivity index (χ2n) is 7.55. The van der Waals surface area contributed by atoms with Crippen LogP contribution in [0.15, 0.2) is 48.5 Å². The summed E-state index contributed by atoms with van der Waals surface area (Å²) in [4.78, 5) is 38.8. The van der Waals surface area contributed by atoms with Crippen LogP contribution in [0.5, 0.6) is 11.5 Å². The van der Waals surface area contributed by atoms with Crippen LogP contribution in [0, 0.1) is 5.92 Å². The minimum Gasteiger partial charge on any atom is -0.486 e. The van der Waals surface area contributed by atoms with Crippen molar-refractivity contribution in [3.8, 4) is 11.5 Å². The molecule has 2 N–H and O–H groups in total. The van der Waals surface area contributed by atoms with E-state index in [4.69, 9.17) is 9.47 Å². The van der Waals surface area contributed by atoms with E-state index >= 15 is 0 Å². The van der Waals surface area contributed by atoms with Crippen molar-refractivity contribution in [2.75, 3.05) is 38.2 Å². The van der Waals surface area contributed by atoms with E-state index in [0.29, 0.717) is 61.9 Å². The number of ether oxygens (including phenoxy) is 2. The molecule has 0 spiro atoms. The number of carbonyl (C=O) groups excluding carboxylic acids is 3. The van der Waals surface area contributed by atoms with Gasteiger partial charge in [0.2, 0.25) is 11.8 Å². The second-order valence-corrected chi connectivity index (χ2v) is 7.55. The van der Waals surface area contributed by atoms with Crippen LogP contribution in [-0.2, 0) is 9.59 Å². The Morgan fingerprint density at radius 2 is 1.65 bits per heavy atom. The SMILES string of the molecule is O=C(NCC(=O)N1CCC(C(=O)Nc2ccc3c(c2)OCCO3)CC1)c1ccccc1. The normalized spacial score (nSPS) is 15.8. The Morgan fingerprint density at radius 3 is 2.39 bits per heavy atom. The molecule has 2 heterocycles. The summed E-state index contributed by atoms with van der Waals surface area (Å²) in [6, 6.07) is 14.1. The van der Waals surface area contributed by atoms with E-state index in [9.17, 15) is 14.4 Å². The van der Waals surface area contributed by atoms with Gasteiger partial charge in [0.05, 0.1) is 6.54 Å². The van der Waals surface area contributed by atoms with Gasteiger partial charge in [0.25, 0.3) is 5.91 Å². The molecule has 0 radical (unpaired) electrons. The Morgan fingerprint density at radius 1 is 0.935 bits per heavy atom. The summed E-state index contributed by atoms with van der Waals surface area (Å²) >= 11 is 0. The molecule has 0 aliphatic carbocycles. The zero-order chi connectivity index (χ0) is 21.6. The molecule has 8 nitrogen and oxygen atoms in total. The summed E-state index contributed by atoms with van der Waals surface area (Å²) in [5, 5.41) is 5.59. The fourth-order valence-electron chi connectivity index (χ4n) is 3.72. The maximum absolute atomic E-state index is 12.6. The first-order valence-corrected chi connectivity index (χ1v) is 10.4. The van der Waals surface area contributed by atoms with Crippen LogP contribution in [0.1, 0.15) is 23.2 Å². The van der Waals surface area contributed by atoms with E-state index < -0.39 is 0 Å². The van der Waals surface area contributed by atoms with E-state index in [1.54, 1.807) is 47.4 Å². The second kappa shape index (κ2) is 9.51. The van der Waals surface area contributed by atoms with Crippen LogP contribution >= 0.6 is 0 Å². The number of carbonyl (C=O) groups is 3. The zero-order valence-corrected chi connectivity index (χ0v) is 17.1. The van der Waals surface area contributed by atoms with E-state index in [1.807, 2.05) is 6.07 Å². The van der Waals surface area contributed by atoms with Gasteiger partial charge >= 0.3 is 0 Å². The lowest BCUT2D eigenvalue weighted by molar-refractivity contribution is -0.133. The predicted octanol–water partition coefficient (Wildman–Crippen LogP) is 2.06. The smallest absolute Gasteiger partial charge is 0.251 e. The summed E-state index contributed by atoms with van der Waals surface area (Å²) < 4.78 is 11.0. The van der Waals surface area contributed by atoms with E-state index in [2.05, 4.69) is 10.6 Å². The van der Waals surface area contributed by atoms with Gasteiger partial charge in [0, 0.05) is 36.3 Å². The van der Waals surface area contributed by atoms with Crippen molar-refractivity contribution in [2.24, 2.45) is 5.92 Å². The zero-order valence-electron chi connectivity index (χ0n) is 17.1. The topological polar surface area (TPSA) is 97.0 Å². The molecule has 8 heteroatoms. The number of benzene rings is 2. The highest BCUT2D eigenvalue weighted by atomic mass is 16.6. The summed E-state index contributed by atoms with van der Waals surface area (Å²) in [5.41, 5.74) is 1.18. The van der Waals surface area contributed by atoms with Crippen LogP contribution in [0.3, 0.4) is 0 Å². The Bertz CT molecular complexity index is 955. The highest BCUT2D eigenvalue weighted by Gasteiger charge is 2.27. The van der Waals surface area contributed by atoms with Crippen molar-refractivity contribution < 1.29 is 23.9 Å². The van der Waals surface area contributed by atoms with Crippen LogP contribution in [0.4, 0.5) is 5.69 Å². The van der Waals surface area contributed by atoms with Gasteiger partial charge in [-0.15, -0.1) is 0 Å². The molecule has 162 valence electrons. The molecule has 31 heavy (non-hydrogen) atoms. The average molecular weight is 423 g/mol. The monoisotopic (exact) mass is 423 g/mol. The molecule has 0 atom stereocenters. The Hall–Kier alpha value is -3.55. The third kappa shape index (κ3) is 5.14. The van der Waals surface area contributed by atoms with Crippen molar-refractivity contribution in [3.63, 3.8) is 0 Å². The minimum atomic E-state index is -0.275. The maximum Gasteiger partial charge on any atom is 0.251 e. The fraction of sp³-hybridized carbons (Fsp3) is 0.348. The summed E-state index contributed by atoms with van der Waals surface area (Å²) in [6.45, 7) is 1.93. The lowest BCUT2D eigenvalue weighted by Gasteiger charge is -2.31. The maximum atomic E-state index is 12.6. The molecule has 0 saturated carbocycles. The number of anilines is 1. The molecule has 2 aromatic rings. The van der Waals surface area contributed by atoms with Crippen molar-refractivity contribution >= 4 is 23.4 Å². The first-order valence-electron chi connectivity index (χ1n) is 10.4. The number of amides is 3. The number of hydrogen-bond donors (Lipinski definition) is 2. The fourth-order valence-corrected chi connectivity index (χ4v) is 3.72. The van der Waals surface area contributed by atoms with Crippen LogP contribution in [0.25, 0.3) is 0 Å². The first kappa shape index (κ1) is 20.7. The number of nitrogens with zero attached hydrogens (tertiary/aromatic N) is 1. The van der Waals surface area contributed by atoms with E-state index in [-0.39, 0.29) is 30.2 Å². The van der Waals surface area contributed by atoms with Gasteiger partial charge in [0.1, 0.15) is 13.2 Å². The third-order valence-electron chi connectivity index (χ3n) is 5.46. The van der Waals surface area contributed by atoms with Crippen molar-refractivity contribution in [3.05, 3.63) is 54.1 Å². The van der Waals surface area contributed by atoms with Gasteiger partial charge in [-0.3, -0.25) is 14.4 Å². The van der Waals surface area contributed by atoms with Gasteiger partial charge in [-0.05, 0) is 37.1 Å². The van der Waals surface area contributed by atoms with Crippen molar-refractivity contribution in [1.29, 1.82) is 0 Å². The van der Waals surface area contributed by atoms with Gasteiger partial charge in [-0.1, -0.05) is 18.2 Å². The molecule has 0 aromatic heterocycles. The van der Waals surface area contributed by atoms with E-state index in [0.717, 1.165) is 0 Å². The lowest BCUT2D eigenvalue weighted by atomic mass is 9.95. The standard InChI is InChI=1S/C23H25N3O5/c27-21(15-24-22(28)16-4-2-1-3-5-16)26-10-8-17(9-11-26)23(29)25-18-6-7-19-20(14-18)31-13-12-30-19/h1-7,14,17H,8-13,15H2,(H,24,28)(H,25,29). The molecule has 2 aromatic carbocycles. The molecule has 1 saturated heterocycles. The number of hydrogen-bond acceptors (Lipinski definition) is 5. The molecule has 1 fully saturated rings. The first-order chi connectivity index (χ1) is 15.1. The number of fused-ring (bicyclic) bond motifs is 1. The molecular formula is C23H25N3O5.